The largest absolute Gasteiger partial charge is 0.310 e. The fourth-order valence-corrected chi connectivity index (χ4v) is 11.8. The third-order valence-electron chi connectivity index (χ3n) is 14.1. The number of benzene rings is 9. The lowest BCUT2D eigenvalue weighted by atomic mass is 9.68. The Kier molecular flexibility index (Phi) is 8.52. The highest BCUT2D eigenvalue weighted by atomic mass is 15.2. The number of hydrogen-bond acceptors (Lipinski definition) is 2. The van der Waals surface area contributed by atoms with Gasteiger partial charge in [-0.05, 0) is 142 Å². The molecule has 12 rings (SSSR count). The molecule has 0 aromatic heterocycles. The summed E-state index contributed by atoms with van der Waals surface area (Å²) < 4.78 is 0. The second-order valence-corrected chi connectivity index (χ2v) is 17.2. The van der Waals surface area contributed by atoms with E-state index in [1.54, 1.807) is 0 Å². The molecule has 292 valence electrons. The Bertz CT molecular complexity index is 2980. The van der Waals surface area contributed by atoms with Crippen LogP contribution in [0, 0.1) is 11.8 Å². The van der Waals surface area contributed by atoms with Crippen LogP contribution in [-0.4, -0.2) is 0 Å². The second kappa shape index (κ2) is 14.5. The van der Waals surface area contributed by atoms with Crippen molar-refractivity contribution in [3.05, 3.63) is 241 Å². The Balaban J connectivity index is 1.11. The zero-order chi connectivity index (χ0) is 40.3. The fraction of sp³-hybridized carbons (Fsp3) is 0.119. The molecule has 3 unspecified atom stereocenters. The Labute approximate surface area is 359 Å². The van der Waals surface area contributed by atoms with Gasteiger partial charge < -0.3 is 9.80 Å². The molecule has 0 N–H and O–H groups in total. The maximum absolute atomic E-state index is 2.62. The molecule has 0 aliphatic heterocycles. The topological polar surface area (TPSA) is 6.48 Å². The fourth-order valence-electron chi connectivity index (χ4n) is 11.8. The summed E-state index contributed by atoms with van der Waals surface area (Å²) in [6.07, 6.45) is 4.68. The molecule has 9 aromatic carbocycles. The van der Waals surface area contributed by atoms with E-state index in [0.29, 0.717) is 11.8 Å². The van der Waals surface area contributed by atoms with E-state index >= 15 is 0 Å². The first kappa shape index (κ1) is 35.8. The first-order valence-corrected chi connectivity index (χ1v) is 21.9. The third kappa shape index (κ3) is 5.62. The van der Waals surface area contributed by atoms with Crippen LogP contribution < -0.4 is 9.80 Å². The summed E-state index contributed by atoms with van der Waals surface area (Å²) in [6.45, 7) is 0. The van der Waals surface area contributed by atoms with Crippen LogP contribution in [0.5, 0.6) is 0 Å². The SMILES string of the molecule is c1ccc(-c2ccc(-c3c(N(c4ccccc4)c4cccc5c4C46c7c(cccc7N(c7ccccc7)c7ccccc7)CC4CCC6C5)ccc4ccccc34)cc2)cc1. The summed E-state index contributed by atoms with van der Waals surface area (Å²) >= 11 is 0. The lowest BCUT2D eigenvalue weighted by molar-refractivity contribution is 0.350. The number of para-hydroxylation sites is 3. The van der Waals surface area contributed by atoms with E-state index in [-0.39, 0.29) is 5.41 Å². The van der Waals surface area contributed by atoms with E-state index in [2.05, 4.69) is 228 Å². The molecular formula is C59H46N2. The molecule has 0 amide bonds. The summed E-state index contributed by atoms with van der Waals surface area (Å²) in [5.41, 5.74) is 18.2. The Morgan fingerprint density at radius 1 is 0.344 bits per heavy atom. The number of rotatable bonds is 8. The van der Waals surface area contributed by atoms with Crippen LogP contribution in [0.2, 0.25) is 0 Å². The van der Waals surface area contributed by atoms with Crippen molar-refractivity contribution in [1.29, 1.82) is 0 Å². The Morgan fingerprint density at radius 3 is 1.38 bits per heavy atom. The van der Waals surface area contributed by atoms with Gasteiger partial charge in [0.1, 0.15) is 0 Å². The molecule has 0 saturated heterocycles. The maximum atomic E-state index is 2.62. The molecule has 0 radical (unpaired) electrons. The van der Waals surface area contributed by atoms with Crippen molar-refractivity contribution in [2.45, 2.75) is 31.1 Å². The van der Waals surface area contributed by atoms with E-state index in [1.807, 2.05) is 0 Å². The molecule has 0 heterocycles. The minimum absolute atomic E-state index is 0.138. The van der Waals surface area contributed by atoms with E-state index in [1.165, 1.54) is 102 Å². The van der Waals surface area contributed by atoms with Crippen molar-refractivity contribution in [2.75, 3.05) is 9.80 Å². The van der Waals surface area contributed by atoms with Gasteiger partial charge in [0.2, 0.25) is 0 Å². The van der Waals surface area contributed by atoms with E-state index in [4.69, 9.17) is 0 Å². The van der Waals surface area contributed by atoms with E-state index < -0.39 is 0 Å². The van der Waals surface area contributed by atoms with Crippen LogP contribution in [0.25, 0.3) is 33.0 Å². The van der Waals surface area contributed by atoms with Crippen molar-refractivity contribution in [2.24, 2.45) is 11.8 Å². The van der Waals surface area contributed by atoms with Crippen LogP contribution >= 0.6 is 0 Å². The number of anilines is 6. The lowest BCUT2D eigenvalue weighted by Crippen LogP contribution is -2.34. The van der Waals surface area contributed by atoms with Gasteiger partial charge in [-0.15, -0.1) is 0 Å². The highest BCUT2D eigenvalue weighted by Crippen LogP contribution is 2.69. The first-order valence-electron chi connectivity index (χ1n) is 21.9. The lowest BCUT2D eigenvalue weighted by Gasteiger charge is -2.40. The molecule has 1 fully saturated rings. The van der Waals surface area contributed by atoms with Crippen LogP contribution in [0.1, 0.15) is 35.1 Å². The Morgan fingerprint density at radius 2 is 0.803 bits per heavy atom. The van der Waals surface area contributed by atoms with Crippen LogP contribution in [0.4, 0.5) is 34.1 Å². The molecule has 61 heavy (non-hydrogen) atoms. The second-order valence-electron chi connectivity index (χ2n) is 17.2. The molecule has 3 aliphatic carbocycles. The van der Waals surface area contributed by atoms with Gasteiger partial charge in [-0.2, -0.15) is 0 Å². The summed E-state index contributed by atoms with van der Waals surface area (Å²) in [4.78, 5) is 5.15. The predicted octanol–water partition coefficient (Wildman–Crippen LogP) is 15.5. The average Bonchev–Trinajstić information content (AvgIpc) is 3.97. The van der Waals surface area contributed by atoms with Gasteiger partial charge in [0.05, 0.1) is 17.1 Å². The minimum Gasteiger partial charge on any atom is -0.310 e. The monoisotopic (exact) mass is 782 g/mol. The smallest absolute Gasteiger partial charge is 0.0546 e. The molecule has 1 saturated carbocycles. The van der Waals surface area contributed by atoms with Gasteiger partial charge in [-0.3, -0.25) is 0 Å². The van der Waals surface area contributed by atoms with Crippen molar-refractivity contribution in [1.82, 2.24) is 0 Å². The number of hydrogen-bond donors (Lipinski definition) is 0. The molecule has 1 spiro atoms. The van der Waals surface area contributed by atoms with E-state index in [9.17, 15) is 0 Å². The zero-order valence-corrected chi connectivity index (χ0v) is 34.2. The molecule has 2 nitrogen and oxygen atoms in total. The summed E-state index contributed by atoms with van der Waals surface area (Å²) in [6, 6.07) is 81.0. The van der Waals surface area contributed by atoms with Crippen LogP contribution in [0.15, 0.2) is 218 Å². The standard InChI is InChI=1S/C59H46N2/c1-5-17-41(18-6-1)42-31-33-44(34-32-42)56-52-28-14-13-19-43(52)35-38-53(56)61(51-26-11-4-12-27-51)55-30-16-21-46-40-48-37-36-47-39-45-20-15-29-54(57(45)59(47,48)58(46)55)60(49-22-7-2-8-23-49)50-24-9-3-10-25-50/h1-35,38,47-48H,36-37,39-40H2. The minimum atomic E-state index is -0.138. The summed E-state index contributed by atoms with van der Waals surface area (Å²) in [5.74, 6) is 1.03. The Hall–Kier alpha value is -7.16. The molecule has 0 bridgehead atoms. The highest BCUT2D eigenvalue weighted by molar-refractivity contribution is 6.06. The highest BCUT2D eigenvalue weighted by Gasteiger charge is 2.62. The predicted molar refractivity (Wildman–Crippen MR) is 255 cm³/mol. The first-order chi connectivity index (χ1) is 30.3. The number of nitrogens with zero attached hydrogens (tertiary/aromatic N) is 2. The zero-order valence-electron chi connectivity index (χ0n) is 34.2. The molecular weight excluding hydrogens is 737 g/mol. The van der Waals surface area contributed by atoms with Gasteiger partial charge in [0, 0.05) is 28.0 Å². The molecule has 3 aliphatic rings. The van der Waals surface area contributed by atoms with Gasteiger partial charge in [0.15, 0.2) is 0 Å². The molecule has 3 atom stereocenters. The van der Waals surface area contributed by atoms with Gasteiger partial charge in [0.25, 0.3) is 0 Å². The van der Waals surface area contributed by atoms with Crippen molar-refractivity contribution in [3.63, 3.8) is 0 Å². The summed E-state index contributed by atoms with van der Waals surface area (Å²) in [7, 11) is 0. The quantitative estimate of drug-likeness (QED) is 0.151. The average molecular weight is 783 g/mol. The maximum Gasteiger partial charge on any atom is 0.0546 e. The van der Waals surface area contributed by atoms with Gasteiger partial charge >= 0.3 is 0 Å². The van der Waals surface area contributed by atoms with Crippen molar-refractivity contribution in [3.8, 4) is 22.3 Å². The normalized spacial score (nSPS) is 18.3. The van der Waals surface area contributed by atoms with E-state index in [0.717, 1.165) is 12.8 Å². The molecule has 9 aromatic rings. The summed E-state index contributed by atoms with van der Waals surface area (Å²) in [5, 5.41) is 2.50. The third-order valence-corrected chi connectivity index (χ3v) is 14.1. The van der Waals surface area contributed by atoms with Crippen LogP contribution in [-0.2, 0) is 18.3 Å². The van der Waals surface area contributed by atoms with Crippen molar-refractivity contribution >= 4 is 44.9 Å². The van der Waals surface area contributed by atoms with Gasteiger partial charge in [-0.1, -0.05) is 164 Å². The van der Waals surface area contributed by atoms with Gasteiger partial charge in [-0.25, -0.2) is 0 Å². The van der Waals surface area contributed by atoms with Crippen molar-refractivity contribution < 1.29 is 0 Å². The molecule has 2 heteroatoms. The number of fused-ring (bicyclic) bond motifs is 3. The van der Waals surface area contributed by atoms with Crippen LogP contribution in [0.3, 0.4) is 0 Å².